The van der Waals surface area contributed by atoms with Crippen LogP contribution in [0.5, 0.6) is 0 Å². The molecule has 4 heteroatoms. The summed E-state index contributed by atoms with van der Waals surface area (Å²) in [4.78, 5) is 8.37. The van der Waals surface area contributed by atoms with Crippen LogP contribution < -0.4 is 11.1 Å². The summed E-state index contributed by atoms with van der Waals surface area (Å²) < 4.78 is 0. The minimum Gasteiger partial charge on any atom is -0.363 e. The van der Waals surface area contributed by atoms with Crippen LogP contribution in [0.3, 0.4) is 0 Å². The summed E-state index contributed by atoms with van der Waals surface area (Å²) >= 11 is 0. The van der Waals surface area contributed by atoms with Crippen LogP contribution in [-0.4, -0.2) is 9.97 Å². The third-order valence-corrected chi connectivity index (χ3v) is 2.55. The fraction of sp³-hybridized carbons (Fsp3) is 0.231. The highest BCUT2D eigenvalue weighted by molar-refractivity contribution is 5.37. The van der Waals surface area contributed by atoms with Gasteiger partial charge in [-0.3, -0.25) is 0 Å². The maximum atomic E-state index is 5.51. The first kappa shape index (κ1) is 11.5. The van der Waals surface area contributed by atoms with Crippen molar-refractivity contribution < 1.29 is 0 Å². The number of benzene rings is 1. The van der Waals surface area contributed by atoms with Gasteiger partial charge in [-0.25, -0.2) is 9.97 Å². The van der Waals surface area contributed by atoms with Crippen molar-refractivity contribution in [3.63, 3.8) is 0 Å². The van der Waals surface area contributed by atoms with Crippen LogP contribution in [-0.2, 0) is 6.54 Å². The lowest BCUT2D eigenvalue weighted by atomic mass is 10.1. The smallest absolute Gasteiger partial charge is 0.144 e. The van der Waals surface area contributed by atoms with Crippen molar-refractivity contribution in [1.29, 1.82) is 0 Å². The van der Waals surface area contributed by atoms with Gasteiger partial charge in [0, 0.05) is 12.2 Å². The van der Waals surface area contributed by atoms with Crippen LogP contribution in [0.25, 0.3) is 0 Å². The Morgan fingerprint density at radius 2 is 2.00 bits per heavy atom. The predicted octanol–water partition coefficient (Wildman–Crippen LogP) is 2.11. The molecule has 1 aromatic heterocycles. The number of hydrogen-bond donors (Lipinski definition) is 2. The number of nitrogens with one attached hydrogen (secondary N) is 1. The molecular weight excluding hydrogens is 212 g/mol. The van der Waals surface area contributed by atoms with E-state index >= 15 is 0 Å². The molecule has 0 saturated carbocycles. The second-order valence-electron chi connectivity index (χ2n) is 3.84. The molecule has 0 aliphatic heterocycles. The molecule has 17 heavy (non-hydrogen) atoms. The molecule has 0 fully saturated rings. The third kappa shape index (κ3) is 3.01. The zero-order valence-corrected chi connectivity index (χ0v) is 9.80. The van der Waals surface area contributed by atoms with Crippen molar-refractivity contribution in [3.05, 3.63) is 54.0 Å². The number of hydrogen-bond acceptors (Lipinski definition) is 4. The average Bonchev–Trinajstić information content (AvgIpc) is 2.40. The van der Waals surface area contributed by atoms with Crippen LogP contribution in [0.15, 0.2) is 42.6 Å². The molecule has 88 valence electrons. The lowest BCUT2D eigenvalue weighted by Gasteiger charge is -2.14. The molecule has 4 nitrogen and oxygen atoms in total. The second kappa shape index (κ2) is 5.41. The summed E-state index contributed by atoms with van der Waals surface area (Å²) in [7, 11) is 0. The molecule has 2 aromatic rings. The highest BCUT2D eigenvalue weighted by Gasteiger charge is 2.05. The lowest BCUT2D eigenvalue weighted by Crippen LogP contribution is -2.10. The average molecular weight is 228 g/mol. The Morgan fingerprint density at radius 1 is 1.24 bits per heavy atom. The van der Waals surface area contributed by atoms with Gasteiger partial charge in [0.1, 0.15) is 11.6 Å². The molecule has 0 aliphatic carbocycles. The summed E-state index contributed by atoms with van der Waals surface area (Å²) in [6.45, 7) is 2.45. The maximum Gasteiger partial charge on any atom is 0.144 e. The summed E-state index contributed by atoms with van der Waals surface area (Å²) in [5.74, 6) is 1.45. The molecule has 1 atom stereocenters. The van der Waals surface area contributed by atoms with Gasteiger partial charge < -0.3 is 11.1 Å². The first-order valence-corrected chi connectivity index (χ1v) is 5.63. The van der Waals surface area contributed by atoms with E-state index in [0.717, 1.165) is 5.82 Å². The Labute approximate surface area is 101 Å². The molecule has 2 rings (SSSR count). The largest absolute Gasteiger partial charge is 0.363 e. The fourth-order valence-corrected chi connectivity index (χ4v) is 1.62. The van der Waals surface area contributed by atoms with Crippen molar-refractivity contribution in [1.82, 2.24) is 9.97 Å². The Hall–Kier alpha value is -1.94. The van der Waals surface area contributed by atoms with Crippen molar-refractivity contribution in [2.45, 2.75) is 19.5 Å². The van der Waals surface area contributed by atoms with Gasteiger partial charge in [0.2, 0.25) is 0 Å². The van der Waals surface area contributed by atoms with Gasteiger partial charge in [-0.15, -0.1) is 0 Å². The summed E-state index contributed by atoms with van der Waals surface area (Å²) in [5.41, 5.74) is 6.73. The van der Waals surface area contributed by atoms with Crippen LogP contribution in [0.2, 0.25) is 0 Å². The monoisotopic (exact) mass is 228 g/mol. The van der Waals surface area contributed by atoms with Crippen LogP contribution in [0.4, 0.5) is 5.82 Å². The van der Waals surface area contributed by atoms with E-state index in [9.17, 15) is 0 Å². The summed E-state index contributed by atoms with van der Waals surface area (Å²) in [5, 5.41) is 3.33. The molecule has 0 saturated heterocycles. The first-order valence-electron chi connectivity index (χ1n) is 5.63. The van der Waals surface area contributed by atoms with Crippen LogP contribution >= 0.6 is 0 Å². The van der Waals surface area contributed by atoms with E-state index in [0.29, 0.717) is 12.4 Å². The quantitative estimate of drug-likeness (QED) is 0.841. The van der Waals surface area contributed by atoms with Crippen molar-refractivity contribution >= 4 is 5.82 Å². The van der Waals surface area contributed by atoms with Gasteiger partial charge in [-0.1, -0.05) is 30.3 Å². The number of anilines is 1. The molecule has 1 heterocycles. The molecule has 1 aromatic carbocycles. The van der Waals surface area contributed by atoms with E-state index in [1.165, 1.54) is 5.56 Å². The number of aromatic nitrogens is 2. The minimum absolute atomic E-state index is 0.205. The molecule has 3 N–H and O–H groups in total. The molecule has 0 amide bonds. The van der Waals surface area contributed by atoms with Gasteiger partial charge in [0.05, 0.1) is 6.54 Å². The van der Waals surface area contributed by atoms with E-state index in [1.54, 1.807) is 6.20 Å². The molecular formula is C13H16N4. The van der Waals surface area contributed by atoms with E-state index in [4.69, 9.17) is 5.73 Å². The minimum atomic E-state index is 0.205. The van der Waals surface area contributed by atoms with E-state index in [1.807, 2.05) is 24.3 Å². The Balaban J connectivity index is 2.10. The Kier molecular flexibility index (Phi) is 3.67. The lowest BCUT2D eigenvalue weighted by molar-refractivity contribution is 0.851. The van der Waals surface area contributed by atoms with Gasteiger partial charge in [0.15, 0.2) is 0 Å². The number of rotatable bonds is 4. The van der Waals surface area contributed by atoms with E-state index < -0.39 is 0 Å². The zero-order chi connectivity index (χ0) is 12.1. The molecule has 0 spiro atoms. The first-order chi connectivity index (χ1) is 8.29. The summed E-state index contributed by atoms with van der Waals surface area (Å²) in [6.07, 6.45) is 1.72. The summed E-state index contributed by atoms with van der Waals surface area (Å²) in [6, 6.07) is 12.3. The fourth-order valence-electron chi connectivity index (χ4n) is 1.62. The highest BCUT2D eigenvalue weighted by Crippen LogP contribution is 2.16. The van der Waals surface area contributed by atoms with Crippen molar-refractivity contribution in [2.75, 3.05) is 5.32 Å². The highest BCUT2D eigenvalue weighted by atomic mass is 15.0. The Morgan fingerprint density at radius 3 is 2.71 bits per heavy atom. The second-order valence-corrected chi connectivity index (χ2v) is 3.84. The van der Waals surface area contributed by atoms with Gasteiger partial charge in [-0.05, 0) is 18.6 Å². The standard InChI is InChI=1S/C13H16N4/c1-10(11-5-3-2-4-6-11)16-12-7-8-15-13(9-14)17-12/h2-8,10H,9,14H2,1H3,(H,15,16,17). The topological polar surface area (TPSA) is 63.8 Å². The third-order valence-electron chi connectivity index (χ3n) is 2.55. The molecule has 0 bridgehead atoms. The van der Waals surface area contributed by atoms with Crippen molar-refractivity contribution in [3.8, 4) is 0 Å². The normalized spacial score (nSPS) is 12.1. The van der Waals surface area contributed by atoms with Crippen molar-refractivity contribution in [2.24, 2.45) is 5.73 Å². The van der Waals surface area contributed by atoms with Gasteiger partial charge in [-0.2, -0.15) is 0 Å². The zero-order valence-electron chi connectivity index (χ0n) is 9.80. The van der Waals surface area contributed by atoms with Crippen LogP contribution in [0, 0.1) is 0 Å². The number of nitrogens with two attached hydrogens (primary N) is 1. The van der Waals surface area contributed by atoms with Gasteiger partial charge in [0.25, 0.3) is 0 Å². The van der Waals surface area contributed by atoms with E-state index in [-0.39, 0.29) is 6.04 Å². The predicted molar refractivity (Wildman–Crippen MR) is 68.4 cm³/mol. The maximum absolute atomic E-state index is 5.51. The molecule has 1 unspecified atom stereocenters. The van der Waals surface area contributed by atoms with Crippen LogP contribution in [0.1, 0.15) is 24.4 Å². The molecule has 0 aliphatic rings. The Bertz CT molecular complexity index is 470. The SMILES string of the molecule is CC(Nc1ccnc(CN)n1)c1ccccc1. The number of nitrogens with zero attached hydrogens (tertiary/aromatic N) is 2. The van der Waals surface area contributed by atoms with Gasteiger partial charge >= 0.3 is 0 Å². The molecule has 0 radical (unpaired) electrons. The van der Waals surface area contributed by atoms with E-state index in [2.05, 4.69) is 34.3 Å².